The summed E-state index contributed by atoms with van der Waals surface area (Å²) in [7, 11) is 0. The minimum Gasteiger partial charge on any atom is -0.390 e. The maximum absolute atomic E-state index is 13.8. The van der Waals surface area contributed by atoms with Crippen LogP contribution in [0.4, 0.5) is 4.79 Å². The van der Waals surface area contributed by atoms with Gasteiger partial charge in [-0.3, -0.25) is 9.69 Å². The first-order valence-corrected chi connectivity index (χ1v) is 16.1. The molecule has 41 heavy (non-hydrogen) atoms. The molecule has 4 saturated heterocycles. The SMILES string of the molecule is CC(C)N1C(=O)N(CC2CCOCC2)CC12CC1CCC(C2)N1CC[C@H](NC(=O)C1CC(C)(O)C1)c1ccccc1. The molecule has 3 atom stereocenters. The average Bonchev–Trinajstić information content (AvgIpc) is 3.34. The van der Waals surface area contributed by atoms with Gasteiger partial charge < -0.3 is 25.0 Å². The van der Waals surface area contributed by atoms with Crippen LogP contribution < -0.4 is 5.32 Å². The van der Waals surface area contributed by atoms with Gasteiger partial charge in [-0.1, -0.05) is 30.3 Å². The fourth-order valence-corrected chi connectivity index (χ4v) is 8.87. The number of nitrogens with zero attached hydrogens (tertiary/aromatic N) is 3. The van der Waals surface area contributed by atoms with E-state index in [4.69, 9.17) is 4.74 Å². The zero-order valence-electron chi connectivity index (χ0n) is 25.3. The predicted molar refractivity (Wildman–Crippen MR) is 158 cm³/mol. The van der Waals surface area contributed by atoms with Gasteiger partial charge in [0.05, 0.1) is 17.2 Å². The number of rotatable bonds is 9. The Kier molecular flexibility index (Phi) is 8.11. The molecule has 226 valence electrons. The quantitative estimate of drug-likeness (QED) is 0.465. The second-order valence-corrected chi connectivity index (χ2v) is 14.3. The first kappa shape index (κ1) is 28.9. The van der Waals surface area contributed by atoms with Crippen molar-refractivity contribution < 1.29 is 19.4 Å². The number of piperidine rings is 1. The monoisotopic (exact) mass is 566 g/mol. The number of hydrogen-bond donors (Lipinski definition) is 2. The zero-order valence-corrected chi connectivity index (χ0v) is 25.3. The van der Waals surface area contributed by atoms with Gasteiger partial charge in [-0.2, -0.15) is 0 Å². The van der Waals surface area contributed by atoms with Crippen molar-refractivity contribution in [2.24, 2.45) is 11.8 Å². The summed E-state index contributed by atoms with van der Waals surface area (Å²) in [4.78, 5) is 34.0. The van der Waals surface area contributed by atoms with Gasteiger partial charge in [0.25, 0.3) is 0 Å². The van der Waals surface area contributed by atoms with Crippen molar-refractivity contribution in [3.05, 3.63) is 35.9 Å². The molecule has 5 aliphatic rings. The van der Waals surface area contributed by atoms with E-state index >= 15 is 0 Å². The van der Waals surface area contributed by atoms with Crippen LogP contribution in [0.5, 0.6) is 0 Å². The molecule has 1 spiro atoms. The largest absolute Gasteiger partial charge is 0.390 e. The molecule has 1 aliphatic carbocycles. The normalized spacial score (nSPS) is 34.9. The third-order valence-electron chi connectivity index (χ3n) is 10.7. The van der Waals surface area contributed by atoms with Gasteiger partial charge in [0, 0.05) is 56.9 Å². The van der Waals surface area contributed by atoms with Crippen molar-refractivity contribution >= 4 is 11.9 Å². The molecule has 1 aromatic rings. The fourth-order valence-electron chi connectivity index (χ4n) is 8.87. The topological polar surface area (TPSA) is 85.4 Å². The van der Waals surface area contributed by atoms with E-state index in [9.17, 15) is 14.7 Å². The minimum absolute atomic E-state index is 0.0419. The number of aliphatic hydroxyl groups is 1. The average molecular weight is 567 g/mol. The summed E-state index contributed by atoms with van der Waals surface area (Å²) in [6.07, 6.45) is 8.49. The van der Waals surface area contributed by atoms with Gasteiger partial charge in [-0.25, -0.2) is 4.79 Å². The van der Waals surface area contributed by atoms with Crippen LogP contribution in [0.15, 0.2) is 30.3 Å². The number of carbonyl (C=O) groups is 2. The molecule has 3 amide bonds. The van der Waals surface area contributed by atoms with E-state index in [-0.39, 0.29) is 35.5 Å². The molecule has 0 radical (unpaired) electrons. The van der Waals surface area contributed by atoms with Crippen LogP contribution in [0.3, 0.4) is 0 Å². The molecule has 5 fully saturated rings. The standard InChI is InChI=1S/C33H50N4O4/c1-23(2)37-31(39)35(21-24-12-15-41-16-13-24)22-33(37)19-27-9-10-28(20-33)36(27)14-11-29(25-7-5-4-6-8-25)34-30(38)26-17-32(3,40)18-26/h4-8,23-24,26-29,40H,9-22H2,1-3H3,(H,34,38)/t26?,27?,28?,29-,32?,33?/m0/s1. The smallest absolute Gasteiger partial charge is 0.320 e. The highest BCUT2D eigenvalue weighted by molar-refractivity contribution is 5.80. The number of amides is 3. The fraction of sp³-hybridized carbons (Fsp3) is 0.758. The van der Waals surface area contributed by atoms with Gasteiger partial charge in [0.15, 0.2) is 0 Å². The molecule has 2 N–H and O–H groups in total. The van der Waals surface area contributed by atoms with Crippen LogP contribution in [0, 0.1) is 11.8 Å². The Morgan fingerprint density at radius 2 is 1.71 bits per heavy atom. The van der Waals surface area contributed by atoms with Crippen LogP contribution in [0.2, 0.25) is 0 Å². The molecule has 4 heterocycles. The Balaban J connectivity index is 1.12. The minimum atomic E-state index is -0.709. The third-order valence-corrected chi connectivity index (χ3v) is 10.7. The van der Waals surface area contributed by atoms with E-state index in [1.807, 2.05) is 25.1 Å². The van der Waals surface area contributed by atoms with E-state index in [0.29, 0.717) is 30.8 Å². The summed E-state index contributed by atoms with van der Waals surface area (Å²) in [5, 5.41) is 13.5. The highest BCUT2D eigenvalue weighted by Gasteiger charge is 2.57. The lowest BCUT2D eigenvalue weighted by molar-refractivity contribution is -0.139. The first-order chi connectivity index (χ1) is 19.6. The van der Waals surface area contributed by atoms with Crippen molar-refractivity contribution in [3.63, 3.8) is 0 Å². The second kappa shape index (κ2) is 11.5. The van der Waals surface area contributed by atoms with Gasteiger partial charge in [-0.05, 0) is 90.0 Å². The molecule has 4 aliphatic heterocycles. The molecule has 8 nitrogen and oxygen atoms in total. The number of nitrogens with one attached hydrogen (secondary N) is 1. The van der Waals surface area contributed by atoms with Crippen molar-refractivity contribution in [1.82, 2.24) is 20.0 Å². The molecule has 2 bridgehead atoms. The Morgan fingerprint density at radius 1 is 1.05 bits per heavy atom. The first-order valence-electron chi connectivity index (χ1n) is 16.1. The van der Waals surface area contributed by atoms with Crippen LogP contribution in [0.1, 0.15) is 90.2 Å². The van der Waals surface area contributed by atoms with Crippen LogP contribution in [0.25, 0.3) is 0 Å². The van der Waals surface area contributed by atoms with E-state index < -0.39 is 5.60 Å². The second-order valence-electron chi connectivity index (χ2n) is 14.3. The number of carbonyl (C=O) groups excluding carboxylic acids is 2. The Morgan fingerprint density at radius 3 is 2.32 bits per heavy atom. The summed E-state index contributed by atoms with van der Waals surface area (Å²) in [6, 6.07) is 11.7. The van der Waals surface area contributed by atoms with E-state index in [1.54, 1.807) is 0 Å². The lowest BCUT2D eigenvalue weighted by Crippen LogP contribution is -2.60. The third kappa shape index (κ3) is 5.89. The summed E-state index contributed by atoms with van der Waals surface area (Å²) >= 11 is 0. The molecular weight excluding hydrogens is 516 g/mol. The van der Waals surface area contributed by atoms with Gasteiger partial charge >= 0.3 is 6.03 Å². The van der Waals surface area contributed by atoms with Gasteiger partial charge in [0.2, 0.25) is 5.91 Å². The maximum Gasteiger partial charge on any atom is 0.320 e. The van der Waals surface area contributed by atoms with Crippen molar-refractivity contribution in [2.75, 3.05) is 32.8 Å². The van der Waals surface area contributed by atoms with Gasteiger partial charge in [0.1, 0.15) is 0 Å². The predicted octanol–water partition coefficient (Wildman–Crippen LogP) is 4.33. The molecule has 6 rings (SSSR count). The van der Waals surface area contributed by atoms with Crippen LogP contribution in [-0.2, 0) is 9.53 Å². The van der Waals surface area contributed by atoms with E-state index in [1.165, 1.54) is 12.8 Å². The molecule has 8 heteroatoms. The molecule has 2 unspecified atom stereocenters. The van der Waals surface area contributed by atoms with Crippen molar-refractivity contribution in [2.45, 2.75) is 114 Å². The maximum atomic E-state index is 13.8. The summed E-state index contributed by atoms with van der Waals surface area (Å²) in [5.74, 6) is 0.505. The summed E-state index contributed by atoms with van der Waals surface area (Å²) in [6.45, 7) is 10.5. The Labute approximate surface area is 245 Å². The van der Waals surface area contributed by atoms with E-state index in [2.05, 4.69) is 46.0 Å². The van der Waals surface area contributed by atoms with Crippen molar-refractivity contribution in [1.29, 1.82) is 0 Å². The van der Waals surface area contributed by atoms with Crippen LogP contribution >= 0.6 is 0 Å². The number of fused-ring (bicyclic) bond motifs is 2. The van der Waals surface area contributed by atoms with Crippen LogP contribution in [-0.4, -0.2) is 93.9 Å². The molecule has 1 saturated carbocycles. The van der Waals surface area contributed by atoms with Crippen molar-refractivity contribution in [3.8, 4) is 0 Å². The Bertz CT molecular complexity index is 1070. The zero-order chi connectivity index (χ0) is 28.8. The number of urea groups is 1. The summed E-state index contributed by atoms with van der Waals surface area (Å²) < 4.78 is 5.57. The number of benzene rings is 1. The highest BCUT2D eigenvalue weighted by atomic mass is 16.5. The van der Waals surface area contributed by atoms with Gasteiger partial charge in [-0.15, -0.1) is 0 Å². The Hall–Kier alpha value is -2.16. The number of ether oxygens (including phenoxy) is 1. The van der Waals surface area contributed by atoms with E-state index in [0.717, 1.165) is 70.5 Å². The summed E-state index contributed by atoms with van der Waals surface area (Å²) in [5.41, 5.74) is 0.357. The lowest BCUT2D eigenvalue weighted by Gasteiger charge is -2.49. The highest BCUT2D eigenvalue weighted by Crippen LogP contribution is 2.48. The molecule has 1 aromatic carbocycles. The number of hydrogen-bond acceptors (Lipinski definition) is 5. The molecule has 0 aromatic heterocycles. The lowest BCUT2D eigenvalue weighted by atomic mass is 9.71. The molecular formula is C33H50N4O4.